The Hall–Kier alpha value is -1.10. The van der Waals surface area contributed by atoms with Gasteiger partial charge in [0.2, 0.25) is 11.8 Å². The van der Waals surface area contributed by atoms with Gasteiger partial charge in [-0.3, -0.25) is 9.59 Å². The fourth-order valence-corrected chi connectivity index (χ4v) is 2.91. The lowest BCUT2D eigenvalue weighted by atomic mass is 9.92. The lowest BCUT2D eigenvalue weighted by Crippen LogP contribution is -2.65. The van der Waals surface area contributed by atoms with Crippen molar-refractivity contribution in [2.24, 2.45) is 0 Å². The van der Waals surface area contributed by atoms with Crippen molar-refractivity contribution < 1.29 is 14.3 Å². The minimum absolute atomic E-state index is 0.0243. The highest BCUT2D eigenvalue weighted by molar-refractivity contribution is 5.97. The van der Waals surface area contributed by atoms with Crippen molar-refractivity contribution in [3.8, 4) is 0 Å². The van der Waals surface area contributed by atoms with Crippen LogP contribution in [0.2, 0.25) is 0 Å². The molecule has 0 aromatic heterocycles. The number of carbonyl (C=O) groups excluding carboxylic acids is 2. The van der Waals surface area contributed by atoms with Crippen LogP contribution < -0.4 is 5.32 Å². The zero-order chi connectivity index (χ0) is 13.9. The number of amides is 2. The molecule has 0 aromatic rings. The van der Waals surface area contributed by atoms with E-state index in [1.54, 1.807) is 4.90 Å². The molecule has 2 rings (SSSR count). The predicted molar refractivity (Wildman–Crippen MR) is 71.6 cm³/mol. The number of carbonyl (C=O) groups is 2. The van der Waals surface area contributed by atoms with Crippen molar-refractivity contribution in [3.05, 3.63) is 0 Å². The molecule has 2 heterocycles. The van der Waals surface area contributed by atoms with Gasteiger partial charge in [0, 0.05) is 13.2 Å². The monoisotopic (exact) mass is 268 g/mol. The molecule has 2 fully saturated rings. The van der Waals surface area contributed by atoms with Gasteiger partial charge in [0.1, 0.15) is 5.54 Å². The maximum Gasteiger partial charge on any atom is 0.246 e. The Morgan fingerprint density at radius 1 is 1.47 bits per heavy atom. The van der Waals surface area contributed by atoms with E-state index in [0.29, 0.717) is 19.1 Å². The summed E-state index contributed by atoms with van der Waals surface area (Å²) in [5.74, 6) is -0.0111. The van der Waals surface area contributed by atoms with Gasteiger partial charge in [-0.2, -0.15) is 0 Å². The van der Waals surface area contributed by atoms with Crippen molar-refractivity contribution in [1.82, 2.24) is 10.2 Å². The van der Waals surface area contributed by atoms with E-state index in [1.165, 1.54) is 0 Å². The van der Waals surface area contributed by atoms with Gasteiger partial charge in [0.05, 0.1) is 12.6 Å². The molecule has 2 aliphatic heterocycles. The maximum absolute atomic E-state index is 12.0. The molecule has 5 heteroatoms. The Labute approximate surface area is 114 Å². The molecule has 2 atom stereocenters. The molecule has 2 saturated heterocycles. The van der Waals surface area contributed by atoms with E-state index in [1.807, 2.05) is 13.8 Å². The van der Waals surface area contributed by atoms with Crippen molar-refractivity contribution >= 4 is 11.8 Å². The van der Waals surface area contributed by atoms with Crippen molar-refractivity contribution in [2.45, 2.75) is 57.6 Å². The summed E-state index contributed by atoms with van der Waals surface area (Å²) in [5, 5.41) is 2.68. The summed E-state index contributed by atoms with van der Waals surface area (Å²) in [7, 11) is 0. The second-order valence-corrected chi connectivity index (χ2v) is 5.63. The molecule has 1 N–H and O–H groups in total. The maximum atomic E-state index is 12.0. The number of nitrogens with zero attached hydrogens (tertiary/aromatic N) is 1. The number of ether oxygens (including phenoxy) is 1. The number of piperazine rings is 1. The number of rotatable bonds is 5. The van der Waals surface area contributed by atoms with Gasteiger partial charge in [-0.15, -0.1) is 0 Å². The smallest absolute Gasteiger partial charge is 0.246 e. The van der Waals surface area contributed by atoms with Crippen LogP contribution in [-0.4, -0.2) is 48.1 Å². The normalized spacial score (nSPS) is 31.7. The number of hydrogen-bond acceptors (Lipinski definition) is 3. The van der Waals surface area contributed by atoms with Gasteiger partial charge < -0.3 is 15.0 Å². The molecule has 108 valence electrons. The highest BCUT2D eigenvalue weighted by Gasteiger charge is 2.43. The average Bonchev–Trinajstić information content (AvgIpc) is 2.91. The molecular weight excluding hydrogens is 244 g/mol. The van der Waals surface area contributed by atoms with Crippen molar-refractivity contribution in [2.75, 3.05) is 19.7 Å². The second-order valence-electron chi connectivity index (χ2n) is 5.63. The first kappa shape index (κ1) is 14.3. The summed E-state index contributed by atoms with van der Waals surface area (Å²) in [6.45, 7) is 5.45. The molecule has 0 radical (unpaired) electrons. The quantitative estimate of drug-likeness (QED) is 0.811. The highest BCUT2D eigenvalue weighted by atomic mass is 16.5. The third-order valence-electron chi connectivity index (χ3n) is 4.41. The summed E-state index contributed by atoms with van der Waals surface area (Å²) < 4.78 is 5.59. The summed E-state index contributed by atoms with van der Waals surface area (Å²) in [4.78, 5) is 25.8. The number of nitrogens with one attached hydrogen (secondary N) is 1. The third-order valence-corrected chi connectivity index (χ3v) is 4.41. The topological polar surface area (TPSA) is 58.6 Å². The third kappa shape index (κ3) is 2.91. The molecule has 2 aliphatic rings. The van der Waals surface area contributed by atoms with Crippen LogP contribution in [0.25, 0.3) is 0 Å². The standard InChI is InChI=1S/C14H24N2O3/c1-3-14(2)13(18)15-10-12(17)16(14)8-4-6-11-7-5-9-19-11/h11H,3-10H2,1-2H3,(H,15,18). The fraction of sp³-hybridized carbons (Fsp3) is 0.857. The van der Waals surface area contributed by atoms with Gasteiger partial charge in [-0.05, 0) is 39.0 Å². The Kier molecular flexibility index (Phi) is 4.45. The van der Waals surface area contributed by atoms with Crippen LogP contribution in [0.3, 0.4) is 0 Å². The van der Waals surface area contributed by atoms with Gasteiger partial charge >= 0.3 is 0 Å². The van der Waals surface area contributed by atoms with Crippen LogP contribution in [0.5, 0.6) is 0 Å². The zero-order valence-electron chi connectivity index (χ0n) is 11.9. The molecule has 0 aromatic carbocycles. The van der Waals surface area contributed by atoms with E-state index in [4.69, 9.17) is 4.74 Å². The molecule has 0 aliphatic carbocycles. The van der Waals surface area contributed by atoms with Gasteiger partial charge in [0.25, 0.3) is 0 Å². The van der Waals surface area contributed by atoms with Crippen molar-refractivity contribution in [1.29, 1.82) is 0 Å². The first-order valence-electron chi connectivity index (χ1n) is 7.28. The summed E-state index contributed by atoms with van der Waals surface area (Å²) in [6, 6.07) is 0. The van der Waals surface area contributed by atoms with Gasteiger partial charge in [-0.25, -0.2) is 0 Å². The van der Waals surface area contributed by atoms with Crippen LogP contribution in [0.15, 0.2) is 0 Å². The summed E-state index contributed by atoms with van der Waals surface area (Å²) in [5.41, 5.74) is -0.689. The summed E-state index contributed by atoms with van der Waals surface area (Å²) in [6.07, 6.45) is 5.14. The Bertz CT molecular complexity index is 353. The molecule has 0 spiro atoms. The first-order chi connectivity index (χ1) is 9.08. The van der Waals surface area contributed by atoms with Crippen LogP contribution in [-0.2, 0) is 14.3 Å². The van der Waals surface area contributed by atoms with Crippen LogP contribution in [0, 0.1) is 0 Å². The van der Waals surface area contributed by atoms with E-state index in [2.05, 4.69) is 5.32 Å². The fourth-order valence-electron chi connectivity index (χ4n) is 2.91. The second kappa shape index (κ2) is 5.90. The lowest BCUT2D eigenvalue weighted by molar-refractivity contribution is -0.153. The summed E-state index contributed by atoms with van der Waals surface area (Å²) >= 11 is 0. The molecule has 0 bridgehead atoms. The van der Waals surface area contributed by atoms with E-state index >= 15 is 0 Å². The van der Waals surface area contributed by atoms with E-state index in [9.17, 15) is 9.59 Å². The van der Waals surface area contributed by atoms with E-state index in [-0.39, 0.29) is 18.4 Å². The van der Waals surface area contributed by atoms with Crippen molar-refractivity contribution in [3.63, 3.8) is 0 Å². The predicted octanol–water partition coefficient (Wildman–Crippen LogP) is 1.07. The lowest BCUT2D eigenvalue weighted by Gasteiger charge is -2.43. The highest BCUT2D eigenvalue weighted by Crippen LogP contribution is 2.24. The minimum Gasteiger partial charge on any atom is -0.378 e. The van der Waals surface area contributed by atoms with Crippen LogP contribution in [0.1, 0.15) is 46.0 Å². The Morgan fingerprint density at radius 2 is 2.26 bits per heavy atom. The van der Waals surface area contributed by atoms with E-state index in [0.717, 1.165) is 32.3 Å². The van der Waals surface area contributed by atoms with Crippen LogP contribution in [0.4, 0.5) is 0 Å². The molecule has 2 unspecified atom stereocenters. The Balaban J connectivity index is 1.91. The van der Waals surface area contributed by atoms with Gasteiger partial charge in [0.15, 0.2) is 0 Å². The number of hydrogen-bond donors (Lipinski definition) is 1. The zero-order valence-corrected chi connectivity index (χ0v) is 11.9. The molecule has 5 nitrogen and oxygen atoms in total. The average molecular weight is 268 g/mol. The minimum atomic E-state index is -0.689. The SMILES string of the molecule is CCC1(C)C(=O)NCC(=O)N1CCCC1CCCO1. The van der Waals surface area contributed by atoms with E-state index < -0.39 is 5.54 Å². The first-order valence-corrected chi connectivity index (χ1v) is 7.28. The molecule has 2 amide bonds. The molecular formula is C14H24N2O3. The largest absolute Gasteiger partial charge is 0.378 e. The Morgan fingerprint density at radius 3 is 2.89 bits per heavy atom. The van der Waals surface area contributed by atoms with Crippen LogP contribution >= 0.6 is 0 Å². The molecule has 19 heavy (non-hydrogen) atoms. The van der Waals surface area contributed by atoms with Gasteiger partial charge in [-0.1, -0.05) is 6.92 Å². The molecule has 0 saturated carbocycles.